The lowest BCUT2D eigenvalue weighted by Gasteiger charge is -2.24. The van der Waals surface area contributed by atoms with E-state index in [1.54, 1.807) is 24.3 Å². The lowest BCUT2D eigenvalue weighted by molar-refractivity contribution is -0.120. The molecule has 0 fully saturated rings. The number of methoxy groups -OCH3 is 1. The van der Waals surface area contributed by atoms with Crippen molar-refractivity contribution in [1.82, 2.24) is 5.32 Å². The van der Waals surface area contributed by atoms with Crippen molar-refractivity contribution in [3.63, 3.8) is 0 Å². The first-order valence-corrected chi connectivity index (χ1v) is 9.62. The summed E-state index contributed by atoms with van der Waals surface area (Å²) in [5.41, 5.74) is 0.441. The normalized spacial score (nSPS) is 11.1. The molecule has 0 aliphatic heterocycles. The molecule has 0 unspecified atom stereocenters. The number of unbranched alkanes of at least 4 members (excludes halogenated alkanes) is 2. The second kappa shape index (κ2) is 9.39. The van der Waals surface area contributed by atoms with Crippen molar-refractivity contribution >= 4 is 21.6 Å². The highest BCUT2D eigenvalue weighted by atomic mass is 32.2. The number of carbonyl (C=O) groups excluding carboxylic acids is 1. The molecule has 130 valence electrons. The van der Waals surface area contributed by atoms with Crippen LogP contribution in [0.1, 0.15) is 32.6 Å². The Bertz CT molecular complexity index is 602. The number of carbonyl (C=O) groups is 1. The number of ether oxygens (including phenoxy) is 1. The predicted octanol–water partition coefficient (Wildman–Crippen LogP) is 2.16. The number of amides is 1. The zero-order chi connectivity index (χ0) is 17.3. The van der Waals surface area contributed by atoms with E-state index < -0.39 is 10.0 Å². The fourth-order valence-electron chi connectivity index (χ4n) is 2.20. The van der Waals surface area contributed by atoms with Crippen molar-refractivity contribution in [3.8, 4) is 5.75 Å². The summed E-state index contributed by atoms with van der Waals surface area (Å²) in [5, 5.41) is 2.81. The fraction of sp³-hybridized carbons (Fsp3) is 0.562. The Labute approximate surface area is 138 Å². The molecule has 0 aromatic heterocycles. The Hall–Kier alpha value is -1.76. The summed E-state index contributed by atoms with van der Waals surface area (Å²) in [4.78, 5) is 11.9. The molecule has 6 nitrogen and oxygen atoms in total. The number of nitrogens with zero attached hydrogens (tertiary/aromatic N) is 1. The maximum atomic E-state index is 12.1. The van der Waals surface area contributed by atoms with Gasteiger partial charge < -0.3 is 10.1 Å². The van der Waals surface area contributed by atoms with E-state index in [1.807, 2.05) is 0 Å². The van der Waals surface area contributed by atoms with Crippen molar-refractivity contribution in [2.75, 3.05) is 30.8 Å². The number of anilines is 1. The molecule has 0 atom stereocenters. The van der Waals surface area contributed by atoms with Gasteiger partial charge in [-0.1, -0.05) is 31.9 Å². The summed E-state index contributed by atoms with van der Waals surface area (Å²) in [5.74, 6) is 0.311. The van der Waals surface area contributed by atoms with Gasteiger partial charge in [0.2, 0.25) is 15.9 Å². The van der Waals surface area contributed by atoms with Gasteiger partial charge in [-0.2, -0.15) is 0 Å². The Kier molecular flexibility index (Phi) is 7.88. The van der Waals surface area contributed by atoms with Crippen molar-refractivity contribution < 1.29 is 17.9 Å². The van der Waals surface area contributed by atoms with E-state index in [9.17, 15) is 13.2 Å². The molecule has 23 heavy (non-hydrogen) atoms. The summed E-state index contributed by atoms with van der Waals surface area (Å²) >= 11 is 0. The molecular formula is C16H26N2O4S. The van der Waals surface area contributed by atoms with Crippen molar-refractivity contribution in [1.29, 1.82) is 0 Å². The molecule has 1 aromatic rings. The average Bonchev–Trinajstić information content (AvgIpc) is 2.51. The molecule has 0 radical (unpaired) electrons. The zero-order valence-electron chi connectivity index (χ0n) is 14.0. The van der Waals surface area contributed by atoms with Crippen LogP contribution in [0.2, 0.25) is 0 Å². The van der Waals surface area contributed by atoms with Crippen LogP contribution in [0.3, 0.4) is 0 Å². The summed E-state index contributed by atoms with van der Waals surface area (Å²) in [6, 6.07) is 6.86. The maximum Gasteiger partial charge on any atom is 0.232 e. The van der Waals surface area contributed by atoms with Gasteiger partial charge in [0.05, 0.1) is 19.1 Å². The van der Waals surface area contributed by atoms with Crippen molar-refractivity contribution in [2.24, 2.45) is 0 Å². The first-order chi connectivity index (χ1) is 10.9. The van der Waals surface area contributed by atoms with E-state index >= 15 is 0 Å². The number of hydrogen-bond donors (Lipinski definition) is 1. The second-order valence-electron chi connectivity index (χ2n) is 5.31. The van der Waals surface area contributed by atoms with Crippen LogP contribution in [0.5, 0.6) is 5.75 Å². The molecule has 0 saturated heterocycles. The molecule has 0 bridgehead atoms. The third-order valence-corrected chi connectivity index (χ3v) is 4.58. The standard InChI is InChI=1S/C16H26N2O4S/c1-4-5-8-12-17-16(19)11-13-18(23(3,20)21)14-9-6-7-10-15(14)22-2/h6-7,9-10H,4-5,8,11-13H2,1-3H3,(H,17,19). The van der Waals surface area contributed by atoms with Crippen LogP contribution in [0, 0.1) is 0 Å². The minimum absolute atomic E-state index is 0.0822. The van der Waals surface area contributed by atoms with Gasteiger partial charge in [-0.15, -0.1) is 0 Å². The minimum Gasteiger partial charge on any atom is -0.495 e. The highest BCUT2D eigenvalue weighted by Crippen LogP contribution is 2.29. The lowest BCUT2D eigenvalue weighted by Crippen LogP contribution is -2.35. The van der Waals surface area contributed by atoms with Crippen LogP contribution in [-0.2, 0) is 14.8 Å². The molecule has 0 aliphatic rings. The smallest absolute Gasteiger partial charge is 0.232 e. The Morgan fingerprint density at radius 3 is 2.57 bits per heavy atom. The van der Waals surface area contributed by atoms with E-state index in [2.05, 4.69) is 12.2 Å². The Morgan fingerprint density at radius 2 is 1.96 bits per heavy atom. The first kappa shape index (κ1) is 19.3. The van der Waals surface area contributed by atoms with E-state index in [0.717, 1.165) is 25.5 Å². The molecule has 1 amide bonds. The van der Waals surface area contributed by atoms with Crippen LogP contribution in [0.15, 0.2) is 24.3 Å². The molecule has 1 N–H and O–H groups in total. The number of rotatable bonds is 10. The zero-order valence-corrected chi connectivity index (χ0v) is 14.9. The van der Waals surface area contributed by atoms with Gasteiger partial charge in [0.15, 0.2) is 0 Å². The van der Waals surface area contributed by atoms with Crippen molar-refractivity contribution in [2.45, 2.75) is 32.6 Å². The van der Waals surface area contributed by atoms with E-state index in [0.29, 0.717) is 18.0 Å². The number of benzene rings is 1. The van der Waals surface area contributed by atoms with Gasteiger partial charge in [-0.05, 0) is 18.6 Å². The largest absolute Gasteiger partial charge is 0.495 e. The summed E-state index contributed by atoms with van der Waals surface area (Å²) in [6.45, 7) is 2.80. The maximum absolute atomic E-state index is 12.1. The van der Waals surface area contributed by atoms with Gasteiger partial charge in [-0.25, -0.2) is 8.42 Å². The summed E-state index contributed by atoms with van der Waals surface area (Å²) < 4.78 is 30.5. The van der Waals surface area contributed by atoms with Gasteiger partial charge in [0.25, 0.3) is 0 Å². The monoisotopic (exact) mass is 342 g/mol. The number of sulfonamides is 1. The SMILES string of the molecule is CCCCCNC(=O)CCN(c1ccccc1OC)S(C)(=O)=O. The summed E-state index contributed by atoms with van der Waals surface area (Å²) in [7, 11) is -2.02. The van der Waals surface area contributed by atoms with Gasteiger partial charge in [0, 0.05) is 19.5 Å². The number of hydrogen-bond acceptors (Lipinski definition) is 4. The molecular weight excluding hydrogens is 316 g/mol. The third-order valence-electron chi connectivity index (χ3n) is 3.40. The van der Waals surface area contributed by atoms with Gasteiger partial charge in [0.1, 0.15) is 5.75 Å². The topological polar surface area (TPSA) is 75.7 Å². The molecule has 0 aliphatic carbocycles. The third kappa shape index (κ3) is 6.48. The average molecular weight is 342 g/mol. The van der Waals surface area contributed by atoms with Crippen LogP contribution < -0.4 is 14.4 Å². The molecule has 7 heteroatoms. The molecule has 1 aromatic carbocycles. The second-order valence-corrected chi connectivity index (χ2v) is 7.22. The molecule has 0 spiro atoms. The van der Waals surface area contributed by atoms with Crippen molar-refractivity contribution in [3.05, 3.63) is 24.3 Å². The quantitative estimate of drug-likeness (QED) is 0.661. The highest BCUT2D eigenvalue weighted by molar-refractivity contribution is 7.92. The van der Waals surface area contributed by atoms with Crippen LogP contribution in [0.25, 0.3) is 0 Å². The number of para-hydroxylation sites is 2. The van der Waals surface area contributed by atoms with Gasteiger partial charge >= 0.3 is 0 Å². The van der Waals surface area contributed by atoms with E-state index in [-0.39, 0.29) is 18.9 Å². The molecule has 1 rings (SSSR count). The first-order valence-electron chi connectivity index (χ1n) is 7.77. The van der Waals surface area contributed by atoms with Crippen LogP contribution in [-0.4, -0.2) is 40.8 Å². The van der Waals surface area contributed by atoms with Crippen LogP contribution >= 0.6 is 0 Å². The van der Waals surface area contributed by atoms with Crippen LogP contribution in [0.4, 0.5) is 5.69 Å². The Balaban J connectivity index is 2.72. The minimum atomic E-state index is -3.50. The lowest BCUT2D eigenvalue weighted by atomic mass is 10.2. The van der Waals surface area contributed by atoms with E-state index in [4.69, 9.17) is 4.74 Å². The van der Waals surface area contributed by atoms with Gasteiger partial charge in [-0.3, -0.25) is 9.10 Å². The molecule has 0 saturated carbocycles. The number of nitrogens with one attached hydrogen (secondary N) is 1. The highest BCUT2D eigenvalue weighted by Gasteiger charge is 2.21. The van der Waals surface area contributed by atoms with E-state index in [1.165, 1.54) is 11.4 Å². The summed E-state index contributed by atoms with van der Waals surface area (Å²) in [6.07, 6.45) is 4.32. The predicted molar refractivity (Wildman–Crippen MR) is 92.3 cm³/mol. The fourth-order valence-corrected chi connectivity index (χ4v) is 3.13. The molecule has 0 heterocycles. The Morgan fingerprint density at radius 1 is 1.26 bits per heavy atom.